The van der Waals surface area contributed by atoms with Gasteiger partial charge in [0.2, 0.25) is 0 Å². The number of carboxylic acid groups (broad SMARTS) is 2. The van der Waals surface area contributed by atoms with Gasteiger partial charge in [0.15, 0.2) is 0 Å². The number of alkyl halides is 5. The predicted molar refractivity (Wildman–Crippen MR) is 75.2 cm³/mol. The molecule has 0 rings (SSSR count). The minimum absolute atomic E-state index is 0.0926. The van der Waals surface area contributed by atoms with Crippen LogP contribution in [0.5, 0.6) is 0 Å². The molecule has 0 unspecified atom stereocenters. The average Bonchev–Trinajstić information content (AvgIpc) is 2.38. The minimum atomic E-state index is -6.38. The first-order valence-electron chi connectivity index (χ1n) is 7.12. The number of nitrogens with zero attached hydrogens (tertiary/aromatic N) is 2. The predicted octanol–water partition coefficient (Wildman–Crippen LogP) is -0.536. The van der Waals surface area contributed by atoms with E-state index in [9.17, 15) is 45.1 Å². The summed E-state index contributed by atoms with van der Waals surface area (Å²) in [5.74, 6) is -3.03. The Balaban J connectivity index is 5.36. The van der Waals surface area contributed by atoms with Crippen molar-refractivity contribution < 1.29 is 54.7 Å². The average molecular weight is 414 g/mol. The smallest absolute Gasteiger partial charge is 0.470 e. The number of likely N-dealkylation sites (N-methyl/N-ethyl adjacent to an activating group) is 1. The van der Waals surface area contributed by atoms with Crippen LogP contribution in [0.2, 0.25) is 0 Å². The van der Waals surface area contributed by atoms with Crippen LogP contribution in [-0.4, -0.2) is 86.0 Å². The number of rotatable bonds is 11. The fourth-order valence-corrected chi connectivity index (χ4v) is 3.30. The minimum Gasteiger partial charge on any atom is -0.544 e. The first-order valence-corrected chi connectivity index (χ1v) is 8.56. The Morgan fingerprint density at radius 2 is 1.62 bits per heavy atom. The largest absolute Gasteiger partial charge is 0.544 e. The molecule has 0 aromatic rings. The molecule has 0 aromatic carbocycles. The van der Waals surface area contributed by atoms with Crippen LogP contribution in [0.4, 0.5) is 22.0 Å². The zero-order chi connectivity index (χ0) is 21.0. The van der Waals surface area contributed by atoms with Crippen molar-refractivity contribution in [2.24, 2.45) is 0 Å². The lowest BCUT2D eigenvalue weighted by atomic mass is 10.3. The molecule has 0 saturated heterocycles. The van der Waals surface area contributed by atoms with E-state index in [1.54, 1.807) is 0 Å². The number of aliphatic carboxylic acids is 2. The summed E-state index contributed by atoms with van der Waals surface area (Å²) < 4.78 is 86.7. The highest BCUT2D eigenvalue weighted by atomic mass is 32.2. The van der Waals surface area contributed by atoms with Crippen molar-refractivity contribution in [1.82, 2.24) is 4.31 Å². The molecule has 26 heavy (non-hydrogen) atoms. The van der Waals surface area contributed by atoms with Gasteiger partial charge in [-0.1, -0.05) is 0 Å². The van der Waals surface area contributed by atoms with Crippen LogP contribution in [0.3, 0.4) is 0 Å². The molecule has 0 aliphatic carbocycles. The van der Waals surface area contributed by atoms with Gasteiger partial charge in [0.25, 0.3) is 10.0 Å². The normalized spacial score (nSPS) is 13.8. The fraction of sp³-hybridized carbons (Fsp3) is 0.833. The number of carbonyl (C=O) groups excluding carboxylic acids is 1. The van der Waals surface area contributed by atoms with Crippen LogP contribution < -0.4 is 5.11 Å². The van der Waals surface area contributed by atoms with Crippen molar-refractivity contribution in [3.05, 3.63) is 0 Å². The van der Waals surface area contributed by atoms with E-state index in [0.717, 1.165) is 0 Å². The van der Waals surface area contributed by atoms with E-state index in [2.05, 4.69) is 0 Å². The van der Waals surface area contributed by atoms with E-state index in [1.807, 2.05) is 0 Å². The van der Waals surface area contributed by atoms with Crippen molar-refractivity contribution in [2.45, 2.75) is 24.3 Å². The van der Waals surface area contributed by atoms with Gasteiger partial charge < -0.3 is 19.5 Å². The van der Waals surface area contributed by atoms with Crippen LogP contribution in [0.25, 0.3) is 0 Å². The molecule has 0 aliphatic rings. The van der Waals surface area contributed by atoms with Crippen molar-refractivity contribution >= 4 is 22.0 Å². The van der Waals surface area contributed by atoms with E-state index in [-0.39, 0.29) is 21.8 Å². The standard InChI is InChI=1S/C12H19F5N2O6S/c1-19(2,8-10(22)23)7-3-5-18(6-4-9(20)21)26(24,25)12(16,17)11(13,14)15/h3-8H2,1-2H3,(H-,20,21,22,23). The second kappa shape index (κ2) is 8.43. The van der Waals surface area contributed by atoms with Crippen LogP contribution in [0.15, 0.2) is 0 Å². The monoisotopic (exact) mass is 414 g/mol. The van der Waals surface area contributed by atoms with E-state index in [1.165, 1.54) is 14.1 Å². The third-order valence-electron chi connectivity index (χ3n) is 3.30. The molecule has 0 atom stereocenters. The number of hydrogen-bond donors (Lipinski definition) is 1. The van der Waals surface area contributed by atoms with Gasteiger partial charge in [-0.15, -0.1) is 0 Å². The third-order valence-corrected chi connectivity index (χ3v) is 5.22. The molecule has 0 fully saturated rings. The van der Waals surface area contributed by atoms with E-state index in [0.29, 0.717) is 0 Å². The van der Waals surface area contributed by atoms with Crippen LogP contribution in [-0.2, 0) is 19.6 Å². The molecule has 0 heterocycles. The van der Waals surface area contributed by atoms with Crippen LogP contribution in [0.1, 0.15) is 12.8 Å². The first-order chi connectivity index (χ1) is 11.4. The van der Waals surface area contributed by atoms with E-state index < -0.39 is 59.4 Å². The maximum absolute atomic E-state index is 13.3. The number of carbonyl (C=O) groups is 2. The molecule has 1 N–H and O–H groups in total. The highest BCUT2D eigenvalue weighted by Gasteiger charge is 2.68. The summed E-state index contributed by atoms with van der Waals surface area (Å²) in [6.07, 6.45) is -7.64. The maximum Gasteiger partial charge on any atom is 0.470 e. The zero-order valence-electron chi connectivity index (χ0n) is 13.9. The maximum atomic E-state index is 13.3. The van der Waals surface area contributed by atoms with Gasteiger partial charge in [0.05, 0.1) is 33.0 Å². The Morgan fingerprint density at radius 3 is 2.00 bits per heavy atom. The lowest BCUT2D eigenvalue weighted by molar-refractivity contribution is -0.884. The molecular formula is C12H19F5N2O6S. The Morgan fingerprint density at radius 1 is 1.12 bits per heavy atom. The lowest BCUT2D eigenvalue weighted by Gasteiger charge is -2.32. The summed E-state index contributed by atoms with van der Waals surface area (Å²) in [7, 11) is -3.42. The fourth-order valence-electron chi connectivity index (χ4n) is 1.98. The van der Waals surface area contributed by atoms with Crippen LogP contribution >= 0.6 is 0 Å². The third kappa shape index (κ3) is 6.64. The first kappa shape index (κ1) is 24.5. The van der Waals surface area contributed by atoms with Crippen molar-refractivity contribution in [1.29, 1.82) is 0 Å². The van der Waals surface area contributed by atoms with Gasteiger partial charge in [-0.3, -0.25) is 4.79 Å². The van der Waals surface area contributed by atoms with Crippen molar-refractivity contribution in [2.75, 3.05) is 40.3 Å². The highest BCUT2D eigenvalue weighted by Crippen LogP contribution is 2.41. The summed E-state index contributed by atoms with van der Waals surface area (Å²) in [4.78, 5) is 21.1. The number of quaternary nitrogens is 1. The molecular weight excluding hydrogens is 395 g/mol. The topological polar surface area (TPSA) is 115 Å². The van der Waals surface area contributed by atoms with Crippen molar-refractivity contribution in [3.63, 3.8) is 0 Å². The Bertz CT molecular complexity index is 620. The summed E-state index contributed by atoms with van der Waals surface area (Å²) in [6, 6.07) is 0. The quantitative estimate of drug-likeness (QED) is 0.359. The molecule has 14 heteroatoms. The van der Waals surface area contributed by atoms with E-state index >= 15 is 0 Å². The molecule has 0 aliphatic heterocycles. The molecule has 0 bridgehead atoms. The number of hydrogen-bond acceptors (Lipinski definition) is 5. The van der Waals surface area contributed by atoms with E-state index in [4.69, 9.17) is 5.11 Å². The van der Waals surface area contributed by atoms with Gasteiger partial charge in [0, 0.05) is 19.5 Å². The molecule has 154 valence electrons. The van der Waals surface area contributed by atoms with Crippen molar-refractivity contribution in [3.8, 4) is 0 Å². The SMILES string of the molecule is C[N+](C)(CCCN(CCC(=O)O)S(=O)(=O)C(F)(F)C(F)(F)F)CC(=O)[O-]. The van der Waals surface area contributed by atoms with Crippen LogP contribution in [0, 0.1) is 0 Å². The number of sulfonamides is 1. The number of carboxylic acids is 2. The second-order valence-corrected chi connectivity index (χ2v) is 8.08. The van der Waals surface area contributed by atoms with Gasteiger partial charge in [0.1, 0.15) is 6.54 Å². The molecule has 0 amide bonds. The molecule has 0 saturated carbocycles. The Kier molecular flexibility index (Phi) is 7.93. The van der Waals surface area contributed by atoms with Gasteiger partial charge >= 0.3 is 17.4 Å². The zero-order valence-corrected chi connectivity index (χ0v) is 14.7. The van der Waals surface area contributed by atoms with Gasteiger partial charge in [-0.2, -0.15) is 26.3 Å². The van der Waals surface area contributed by atoms with Gasteiger partial charge in [-0.05, 0) is 0 Å². The summed E-state index contributed by atoms with van der Waals surface area (Å²) in [6.45, 7) is -2.52. The Labute approximate surface area is 146 Å². The Hall–Kier alpha value is -1.54. The molecule has 8 nitrogen and oxygen atoms in total. The summed E-state index contributed by atoms with van der Waals surface area (Å²) in [5.41, 5.74) is 0. The molecule has 0 radical (unpaired) electrons. The molecule has 0 spiro atoms. The summed E-state index contributed by atoms with van der Waals surface area (Å²) in [5, 5.41) is 13.0. The second-order valence-electron chi connectivity index (χ2n) is 6.11. The molecule has 0 aromatic heterocycles. The lowest BCUT2D eigenvalue weighted by Crippen LogP contribution is -2.53. The highest BCUT2D eigenvalue weighted by molar-refractivity contribution is 7.90. The van der Waals surface area contributed by atoms with Gasteiger partial charge in [-0.25, -0.2) is 8.42 Å². The summed E-state index contributed by atoms with van der Waals surface area (Å²) >= 11 is 0. The number of halogens is 5.